The summed E-state index contributed by atoms with van der Waals surface area (Å²) >= 11 is 5.99. The summed E-state index contributed by atoms with van der Waals surface area (Å²) in [6.07, 6.45) is 4.45. The zero-order chi connectivity index (χ0) is 13.0. The molecule has 18 heavy (non-hydrogen) atoms. The van der Waals surface area contributed by atoms with E-state index in [4.69, 9.17) is 16.3 Å². The highest BCUT2D eigenvalue weighted by atomic mass is 35.5. The fraction of sp³-hybridized carbons (Fsp3) is 0.231. The van der Waals surface area contributed by atoms with Crippen LogP contribution < -0.4 is 4.74 Å². The molecule has 0 unspecified atom stereocenters. The van der Waals surface area contributed by atoms with Gasteiger partial charge in [0, 0.05) is 6.20 Å². The van der Waals surface area contributed by atoms with Crippen molar-refractivity contribution >= 4 is 17.9 Å². The zero-order valence-electron chi connectivity index (χ0n) is 9.97. The highest BCUT2D eigenvalue weighted by molar-refractivity contribution is 6.32. The number of nitrogens with zero attached hydrogens (tertiary/aromatic N) is 2. The predicted octanol–water partition coefficient (Wildman–Crippen LogP) is 2.74. The number of halogens is 1. The molecule has 0 aliphatic heterocycles. The van der Waals surface area contributed by atoms with Crippen LogP contribution in [0.25, 0.3) is 0 Å². The number of benzene rings is 1. The van der Waals surface area contributed by atoms with Crippen LogP contribution in [0, 0.1) is 6.92 Å². The molecule has 94 valence electrons. The molecule has 4 nitrogen and oxygen atoms in total. The average Bonchev–Trinajstić information content (AvgIpc) is 2.77. The summed E-state index contributed by atoms with van der Waals surface area (Å²) in [6, 6.07) is 5.09. The van der Waals surface area contributed by atoms with Crippen LogP contribution in [0.4, 0.5) is 0 Å². The van der Waals surface area contributed by atoms with Gasteiger partial charge in [-0.1, -0.05) is 17.7 Å². The van der Waals surface area contributed by atoms with Crippen molar-refractivity contribution in [3.05, 3.63) is 46.7 Å². The molecule has 5 heteroatoms. The van der Waals surface area contributed by atoms with Gasteiger partial charge in [0.25, 0.3) is 0 Å². The maximum atomic E-state index is 10.9. The van der Waals surface area contributed by atoms with Gasteiger partial charge in [-0.25, -0.2) is 0 Å². The molecule has 1 aromatic heterocycles. The first-order valence-corrected chi connectivity index (χ1v) is 5.94. The minimum absolute atomic E-state index is 0.408. The van der Waals surface area contributed by atoms with Crippen LogP contribution in [0.2, 0.25) is 5.02 Å². The third-order valence-electron chi connectivity index (χ3n) is 2.45. The molecule has 0 radical (unpaired) electrons. The SMILES string of the molecule is Cc1cnn(CCOc2c(Cl)cccc2C=O)c1. The summed E-state index contributed by atoms with van der Waals surface area (Å²) in [5.41, 5.74) is 1.56. The summed E-state index contributed by atoms with van der Waals surface area (Å²) in [5.74, 6) is 0.429. The van der Waals surface area contributed by atoms with Crippen LogP contribution in [0.3, 0.4) is 0 Å². The number of aryl methyl sites for hydroxylation is 1. The molecule has 0 bridgehead atoms. The lowest BCUT2D eigenvalue weighted by atomic mass is 10.2. The fourth-order valence-corrected chi connectivity index (χ4v) is 1.84. The Morgan fingerprint density at radius 1 is 1.50 bits per heavy atom. The van der Waals surface area contributed by atoms with E-state index >= 15 is 0 Å². The topological polar surface area (TPSA) is 44.1 Å². The van der Waals surface area contributed by atoms with Gasteiger partial charge in [-0.05, 0) is 24.6 Å². The molecule has 0 atom stereocenters. The molecule has 0 aliphatic carbocycles. The molecular weight excluding hydrogens is 252 g/mol. The minimum Gasteiger partial charge on any atom is -0.489 e. The maximum absolute atomic E-state index is 10.9. The molecule has 0 fully saturated rings. The van der Waals surface area contributed by atoms with Crippen LogP contribution >= 0.6 is 11.6 Å². The quantitative estimate of drug-likeness (QED) is 0.780. The number of aromatic nitrogens is 2. The van der Waals surface area contributed by atoms with Gasteiger partial charge < -0.3 is 4.74 Å². The van der Waals surface area contributed by atoms with E-state index in [1.54, 1.807) is 29.1 Å². The second kappa shape index (κ2) is 5.69. The first-order chi connectivity index (χ1) is 8.70. The van der Waals surface area contributed by atoms with Gasteiger partial charge in [-0.3, -0.25) is 9.48 Å². The molecule has 0 saturated heterocycles. The Balaban J connectivity index is 2.00. The summed E-state index contributed by atoms with van der Waals surface area (Å²) in [6.45, 7) is 2.99. The molecule has 0 aliphatic rings. The van der Waals surface area contributed by atoms with Gasteiger partial charge in [-0.15, -0.1) is 0 Å². The summed E-state index contributed by atoms with van der Waals surface area (Å²) in [5, 5.41) is 4.59. The monoisotopic (exact) mass is 264 g/mol. The first-order valence-electron chi connectivity index (χ1n) is 5.56. The molecule has 0 saturated carbocycles. The van der Waals surface area contributed by atoms with E-state index in [1.807, 2.05) is 13.1 Å². The lowest BCUT2D eigenvalue weighted by molar-refractivity contribution is 0.111. The number of para-hydroxylation sites is 1. The summed E-state index contributed by atoms with van der Waals surface area (Å²) in [7, 11) is 0. The highest BCUT2D eigenvalue weighted by Gasteiger charge is 2.07. The van der Waals surface area contributed by atoms with Crippen LogP contribution in [-0.2, 0) is 6.54 Å². The van der Waals surface area contributed by atoms with Crippen LogP contribution in [0.1, 0.15) is 15.9 Å². The Labute approximate surface area is 110 Å². The van der Waals surface area contributed by atoms with Crippen LogP contribution in [0.5, 0.6) is 5.75 Å². The first kappa shape index (κ1) is 12.6. The second-order valence-corrected chi connectivity index (χ2v) is 4.31. The van der Waals surface area contributed by atoms with E-state index in [0.717, 1.165) is 11.8 Å². The van der Waals surface area contributed by atoms with Crippen molar-refractivity contribution in [3.63, 3.8) is 0 Å². The molecule has 2 aromatic rings. The second-order valence-electron chi connectivity index (χ2n) is 3.91. The average molecular weight is 265 g/mol. The number of hydrogen-bond acceptors (Lipinski definition) is 3. The van der Waals surface area contributed by atoms with E-state index in [9.17, 15) is 4.79 Å². The highest BCUT2D eigenvalue weighted by Crippen LogP contribution is 2.27. The molecule has 0 amide bonds. The number of rotatable bonds is 5. The molecule has 0 spiro atoms. The molecule has 1 heterocycles. The van der Waals surface area contributed by atoms with Gasteiger partial charge in [0.2, 0.25) is 0 Å². The van der Waals surface area contributed by atoms with Crippen molar-refractivity contribution in [1.29, 1.82) is 0 Å². The fourth-order valence-electron chi connectivity index (χ4n) is 1.60. The third kappa shape index (κ3) is 2.90. The predicted molar refractivity (Wildman–Crippen MR) is 69.3 cm³/mol. The van der Waals surface area contributed by atoms with Crippen molar-refractivity contribution in [1.82, 2.24) is 9.78 Å². The van der Waals surface area contributed by atoms with Gasteiger partial charge in [-0.2, -0.15) is 5.10 Å². The number of aldehydes is 1. The molecule has 2 rings (SSSR count). The number of carbonyl (C=O) groups is 1. The lowest BCUT2D eigenvalue weighted by Gasteiger charge is -2.10. The molecular formula is C13H13ClN2O2. The van der Waals surface area contributed by atoms with Gasteiger partial charge in [0.1, 0.15) is 12.4 Å². The molecule has 0 N–H and O–H groups in total. The van der Waals surface area contributed by atoms with Gasteiger partial charge in [0.05, 0.1) is 23.3 Å². The van der Waals surface area contributed by atoms with Crippen molar-refractivity contribution < 1.29 is 9.53 Å². The molecule has 1 aromatic carbocycles. The standard InChI is InChI=1S/C13H13ClN2O2/c1-10-7-15-16(8-10)5-6-18-13-11(9-17)3-2-4-12(13)14/h2-4,7-9H,5-6H2,1H3. The smallest absolute Gasteiger partial charge is 0.153 e. The van der Waals surface area contributed by atoms with Gasteiger partial charge >= 0.3 is 0 Å². The van der Waals surface area contributed by atoms with E-state index < -0.39 is 0 Å². The normalized spacial score (nSPS) is 10.3. The van der Waals surface area contributed by atoms with E-state index in [-0.39, 0.29) is 0 Å². The minimum atomic E-state index is 0.408. The number of ether oxygens (including phenoxy) is 1. The Morgan fingerprint density at radius 3 is 3.00 bits per heavy atom. The Bertz CT molecular complexity index is 552. The summed E-state index contributed by atoms with van der Waals surface area (Å²) < 4.78 is 7.33. The van der Waals surface area contributed by atoms with Crippen molar-refractivity contribution in [2.24, 2.45) is 0 Å². The lowest BCUT2D eigenvalue weighted by Crippen LogP contribution is -2.09. The Kier molecular flexibility index (Phi) is 3.99. The van der Waals surface area contributed by atoms with E-state index in [1.165, 1.54) is 0 Å². The summed E-state index contributed by atoms with van der Waals surface area (Å²) in [4.78, 5) is 10.9. The van der Waals surface area contributed by atoms with Crippen LogP contribution in [-0.4, -0.2) is 22.7 Å². The van der Waals surface area contributed by atoms with Crippen molar-refractivity contribution in [2.75, 3.05) is 6.61 Å². The zero-order valence-corrected chi connectivity index (χ0v) is 10.7. The maximum Gasteiger partial charge on any atom is 0.153 e. The van der Waals surface area contributed by atoms with Crippen molar-refractivity contribution in [2.45, 2.75) is 13.5 Å². The van der Waals surface area contributed by atoms with Gasteiger partial charge in [0.15, 0.2) is 6.29 Å². The van der Waals surface area contributed by atoms with Crippen LogP contribution in [0.15, 0.2) is 30.6 Å². The van der Waals surface area contributed by atoms with E-state index in [2.05, 4.69) is 5.10 Å². The Hall–Kier alpha value is -1.81. The third-order valence-corrected chi connectivity index (χ3v) is 2.75. The van der Waals surface area contributed by atoms with Crippen molar-refractivity contribution in [3.8, 4) is 5.75 Å². The Morgan fingerprint density at radius 2 is 2.33 bits per heavy atom. The number of carbonyl (C=O) groups excluding carboxylic acids is 1. The largest absolute Gasteiger partial charge is 0.489 e. The van der Waals surface area contributed by atoms with E-state index in [0.29, 0.717) is 29.5 Å². The number of hydrogen-bond donors (Lipinski definition) is 0.